The molecular weight excluding hydrogens is 226 g/mol. The summed E-state index contributed by atoms with van der Waals surface area (Å²) in [5.74, 6) is -0.687. The summed E-state index contributed by atoms with van der Waals surface area (Å²) >= 11 is 0. The minimum Gasteiger partial charge on any atom is -0.507 e. The van der Waals surface area contributed by atoms with Crippen molar-refractivity contribution >= 4 is 5.91 Å². The van der Waals surface area contributed by atoms with Crippen molar-refractivity contribution in [3.8, 4) is 5.75 Å². The van der Waals surface area contributed by atoms with Crippen molar-refractivity contribution in [2.45, 2.75) is 53.4 Å². The average molecular weight is 253 g/mol. The molecule has 18 heavy (non-hydrogen) atoms. The van der Waals surface area contributed by atoms with E-state index in [1.165, 1.54) is 37.8 Å². The van der Waals surface area contributed by atoms with Crippen molar-refractivity contribution in [1.82, 2.24) is 0 Å². The number of aromatic hydroxyl groups is 1. The Morgan fingerprint density at radius 2 is 1.56 bits per heavy atom. The number of amides is 1. The van der Waals surface area contributed by atoms with Gasteiger partial charge in [0.2, 0.25) is 0 Å². The van der Waals surface area contributed by atoms with Crippen molar-refractivity contribution in [3.63, 3.8) is 0 Å². The molecule has 3 N–H and O–H groups in total. The lowest BCUT2D eigenvalue weighted by Crippen LogP contribution is -2.10. The van der Waals surface area contributed by atoms with Crippen LogP contribution >= 0.6 is 0 Å². The van der Waals surface area contributed by atoms with Crippen molar-refractivity contribution in [2.75, 3.05) is 0 Å². The zero-order valence-corrected chi connectivity index (χ0v) is 12.1. The van der Waals surface area contributed by atoms with Crippen LogP contribution in [0.3, 0.4) is 0 Å². The van der Waals surface area contributed by atoms with Crippen molar-refractivity contribution in [3.05, 3.63) is 29.8 Å². The highest BCUT2D eigenvalue weighted by molar-refractivity contribution is 5.95. The number of hydrogen-bond donors (Lipinski definition) is 2. The molecule has 104 valence electrons. The van der Waals surface area contributed by atoms with Gasteiger partial charge in [0.05, 0.1) is 5.56 Å². The maximum absolute atomic E-state index is 10.5. The van der Waals surface area contributed by atoms with E-state index in [9.17, 15) is 4.79 Å². The molecule has 0 unspecified atom stereocenters. The number of hydrogen-bond acceptors (Lipinski definition) is 2. The Bertz CT molecular complexity index is 307. The molecular formula is C15H27NO2. The van der Waals surface area contributed by atoms with Crippen LogP contribution in [0.4, 0.5) is 0 Å². The average Bonchev–Trinajstić information content (AvgIpc) is 2.39. The first-order valence-electron chi connectivity index (χ1n) is 6.71. The number of carbonyl (C=O) groups is 1. The number of unbranched alkanes of at least 4 members (excludes halogenated alkanes) is 3. The lowest BCUT2D eigenvalue weighted by atomic mass is 10.2. The third kappa shape index (κ3) is 9.70. The fourth-order valence-electron chi connectivity index (χ4n) is 1.18. The number of rotatable bonds is 4. The first-order chi connectivity index (χ1) is 8.63. The van der Waals surface area contributed by atoms with Gasteiger partial charge in [0.1, 0.15) is 5.75 Å². The second-order valence-corrected chi connectivity index (χ2v) is 3.59. The minimum atomic E-state index is -0.613. The highest BCUT2D eigenvalue weighted by atomic mass is 16.3. The predicted molar refractivity (Wildman–Crippen MR) is 77.8 cm³/mol. The second kappa shape index (κ2) is 13.6. The molecule has 0 aliphatic heterocycles. The van der Waals surface area contributed by atoms with Gasteiger partial charge in [0.25, 0.3) is 5.91 Å². The van der Waals surface area contributed by atoms with E-state index >= 15 is 0 Å². The maximum Gasteiger partial charge on any atom is 0.252 e. The Morgan fingerprint density at radius 1 is 1.11 bits per heavy atom. The SMILES string of the molecule is CC.CCCCCC.NC(=O)c1ccccc1O. The summed E-state index contributed by atoms with van der Waals surface area (Å²) in [5.41, 5.74) is 5.07. The van der Waals surface area contributed by atoms with Crippen LogP contribution in [0.1, 0.15) is 63.7 Å². The quantitative estimate of drug-likeness (QED) is 0.793. The standard InChI is InChI=1S/C7H7NO2.C6H14.C2H6/c8-7(10)5-3-1-2-4-6(5)9;1-3-5-6-4-2;1-2/h1-4,9H,(H2,8,10);3-6H2,1-2H3;1-2H3. The first kappa shape index (κ1) is 18.8. The zero-order chi connectivity index (χ0) is 14.4. The van der Waals surface area contributed by atoms with Gasteiger partial charge in [-0.05, 0) is 12.1 Å². The smallest absolute Gasteiger partial charge is 0.252 e. The van der Waals surface area contributed by atoms with Crippen LogP contribution in [0.5, 0.6) is 5.75 Å². The lowest BCUT2D eigenvalue weighted by molar-refractivity contribution is 0.0998. The molecule has 0 bridgehead atoms. The number of phenols is 1. The molecule has 0 atom stereocenters. The topological polar surface area (TPSA) is 63.3 Å². The molecule has 0 saturated heterocycles. The van der Waals surface area contributed by atoms with Crippen LogP contribution in [0.2, 0.25) is 0 Å². The van der Waals surface area contributed by atoms with E-state index in [1.54, 1.807) is 12.1 Å². The van der Waals surface area contributed by atoms with Crippen LogP contribution in [-0.2, 0) is 0 Å². The molecule has 1 amide bonds. The molecule has 1 rings (SSSR count). The van der Waals surface area contributed by atoms with E-state index in [1.807, 2.05) is 13.8 Å². The van der Waals surface area contributed by atoms with Gasteiger partial charge >= 0.3 is 0 Å². The molecule has 0 aromatic heterocycles. The van der Waals surface area contributed by atoms with Gasteiger partial charge in [0.15, 0.2) is 0 Å². The van der Waals surface area contributed by atoms with Crippen LogP contribution in [-0.4, -0.2) is 11.0 Å². The number of para-hydroxylation sites is 1. The van der Waals surface area contributed by atoms with Gasteiger partial charge in [-0.3, -0.25) is 4.79 Å². The Labute approximate surface area is 111 Å². The van der Waals surface area contributed by atoms with Crippen molar-refractivity contribution in [1.29, 1.82) is 0 Å². The number of benzene rings is 1. The van der Waals surface area contributed by atoms with Crippen molar-refractivity contribution in [2.24, 2.45) is 5.73 Å². The molecule has 0 fully saturated rings. The molecule has 3 heteroatoms. The first-order valence-corrected chi connectivity index (χ1v) is 6.71. The number of primary amides is 1. The van der Waals surface area contributed by atoms with E-state index < -0.39 is 5.91 Å². The molecule has 3 nitrogen and oxygen atoms in total. The van der Waals surface area contributed by atoms with E-state index in [-0.39, 0.29) is 11.3 Å². The van der Waals surface area contributed by atoms with Gasteiger partial charge in [-0.25, -0.2) is 0 Å². The molecule has 0 heterocycles. The molecule has 1 aromatic carbocycles. The largest absolute Gasteiger partial charge is 0.507 e. The predicted octanol–water partition coefficient (Wildman–Crippen LogP) is 4.10. The maximum atomic E-state index is 10.5. The Balaban J connectivity index is 0. The van der Waals surface area contributed by atoms with Gasteiger partial charge in [-0.1, -0.05) is 65.5 Å². The zero-order valence-electron chi connectivity index (χ0n) is 12.1. The van der Waals surface area contributed by atoms with E-state index in [4.69, 9.17) is 10.8 Å². The van der Waals surface area contributed by atoms with Gasteiger partial charge in [0, 0.05) is 0 Å². The van der Waals surface area contributed by atoms with Gasteiger partial charge in [-0.2, -0.15) is 0 Å². The molecule has 0 aliphatic carbocycles. The second-order valence-electron chi connectivity index (χ2n) is 3.59. The summed E-state index contributed by atoms with van der Waals surface area (Å²) in [4.78, 5) is 10.5. The monoisotopic (exact) mass is 253 g/mol. The summed E-state index contributed by atoms with van der Waals surface area (Å²) in [6.07, 6.45) is 5.54. The number of carbonyl (C=O) groups excluding carboxylic acids is 1. The van der Waals surface area contributed by atoms with E-state index in [0.29, 0.717) is 0 Å². The highest BCUT2D eigenvalue weighted by Gasteiger charge is 2.03. The Hall–Kier alpha value is -1.51. The third-order valence-corrected chi connectivity index (χ3v) is 2.13. The Morgan fingerprint density at radius 3 is 1.83 bits per heavy atom. The Kier molecular flexibility index (Phi) is 14.2. The molecule has 0 radical (unpaired) electrons. The minimum absolute atomic E-state index is 0.0741. The third-order valence-electron chi connectivity index (χ3n) is 2.13. The normalized spacial score (nSPS) is 8.44. The molecule has 0 saturated carbocycles. The van der Waals surface area contributed by atoms with Crippen molar-refractivity contribution < 1.29 is 9.90 Å². The van der Waals surface area contributed by atoms with Crippen LogP contribution < -0.4 is 5.73 Å². The van der Waals surface area contributed by atoms with Crippen LogP contribution in [0.15, 0.2) is 24.3 Å². The highest BCUT2D eigenvalue weighted by Crippen LogP contribution is 2.13. The van der Waals surface area contributed by atoms with Crippen LogP contribution in [0.25, 0.3) is 0 Å². The van der Waals surface area contributed by atoms with Gasteiger partial charge in [-0.15, -0.1) is 0 Å². The molecule has 0 aliphatic rings. The fraction of sp³-hybridized carbons (Fsp3) is 0.533. The van der Waals surface area contributed by atoms with Crippen LogP contribution in [0, 0.1) is 0 Å². The summed E-state index contributed by atoms with van der Waals surface area (Å²) in [6.45, 7) is 8.46. The summed E-state index contributed by atoms with van der Waals surface area (Å²) in [5, 5.41) is 8.98. The molecule has 1 aromatic rings. The molecule has 0 spiro atoms. The summed E-state index contributed by atoms with van der Waals surface area (Å²) < 4.78 is 0. The van der Waals surface area contributed by atoms with Gasteiger partial charge < -0.3 is 10.8 Å². The number of nitrogens with two attached hydrogens (primary N) is 1. The van der Waals surface area contributed by atoms with E-state index in [0.717, 1.165) is 0 Å². The van der Waals surface area contributed by atoms with E-state index in [2.05, 4.69) is 13.8 Å². The lowest BCUT2D eigenvalue weighted by Gasteiger charge is -1.96. The fourth-order valence-corrected chi connectivity index (χ4v) is 1.18. The summed E-state index contributed by atoms with van der Waals surface area (Å²) in [7, 11) is 0. The summed E-state index contributed by atoms with van der Waals surface area (Å²) in [6, 6.07) is 6.15.